The summed E-state index contributed by atoms with van der Waals surface area (Å²) in [6, 6.07) is 0. The largest absolute Gasteiger partial charge is 0.391 e. The van der Waals surface area contributed by atoms with Crippen LogP contribution in [-0.4, -0.2) is 23.3 Å². The molecule has 2 nitrogen and oxygen atoms in total. The molecule has 2 rings (SSSR count). The van der Waals surface area contributed by atoms with Crippen LogP contribution in [0, 0.1) is 0 Å². The van der Waals surface area contributed by atoms with E-state index in [2.05, 4.69) is 5.32 Å². The molecular formula is C8H15NO. The molecule has 2 N–H and O–H groups in total. The van der Waals surface area contributed by atoms with E-state index in [-0.39, 0.29) is 11.6 Å². The minimum atomic E-state index is -0.0602. The zero-order valence-corrected chi connectivity index (χ0v) is 6.27. The fourth-order valence-corrected chi connectivity index (χ4v) is 2.09. The van der Waals surface area contributed by atoms with Gasteiger partial charge in [0.1, 0.15) is 0 Å². The maximum absolute atomic E-state index is 9.62. The van der Waals surface area contributed by atoms with Crippen molar-refractivity contribution in [1.29, 1.82) is 0 Å². The number of aliphatic hydroxyl groups is 1. The highest BCUT2D eigenvalue weighted by atomic mass is 16.3. The van der Waals surface area contributed by atoms with E-state index in [0.717, 1.165) is 19.4 Å². The van der Waals surface area contributed by atoms with Gasteiger partial charge in [-0.2, -0.15) is 0 Å². The molecule has 1 spiro atoms. The van der Waals surface area contributed by atoms with Crippen molar-refractivity contribution in [1.82, 2.24) is 5.32 Å². The summed E-state index contributed by atoms with van der Waals surface area (Å²) in [6.07, 6.45) is 5.76. The van der Waals surface area contributed by atoms with Crippen LogP contribution in [0.5, 0.6) is 0 Å². The van der Waals surface area contributed by atoms with Crippen LogP contribution < -0.4 is 5.32 Å². The molecule has 0 aromatic carbocycles. The Hall–Kier alpha value is -0.0800. The van der Waals surface area contributed by atoms with E-state index in [9.17, 15) is 5.11 Å². The van der Waals surface area contributed by atoms with Gasteiger partial charge >= 0.3 is 0 Å². The minimum Gasteiger partial charge on any atom is -0.391 e. The van der Waals surface area contributed by atoms with Crippen LogP contribution in [0.2, 0.25) is 0 Å². The molecule has 1 saturated carbocycles. The molecular weight excluding hydrogens is 126 g/mol. The van der Waals surface area contributed by atoms with E-state index >= 15 is 0 Å². The lowest BCUT2D eigenvalue weighted by molar-refractivity contribution is -0.0168. The fourth-order valence-electron chi connectivity index (χ4n) is 2.09. The molecule has 0 aromatic rings. The number of aliphatic hydroxyl groups excluding tert-OH is 1. The first-order valence-electron chi connectivity index (χ1n) is 4.27. The molecule has 0 radical (unpaired) electrons. The second-order valence-corrected chi connectivity index (χ2v) is 3.59. The zero-order chi connectivity index (χ0) is 7.03. The van der Waals surface area contributed by atoms with Gasteiger partial charge in [-0.15, -0.1) is 0 Å². The first-order chi connectivity index (χ1) is 4.83. The molecule has 1 aliphatic carbocycles. The Kier molecular flexibility index (Phi) is 1.46. The average molecular weight is 141 g/mol. The van der Waals surface area contributed by atoms with Crippen molar-refractivity contribution in [2.24, 2.45) is 0 Å². The molecule has 1 unspecified atom stereocenters. The van der Waals surface area contributed by atoms with Crippen molar-refractivity contribution >= 4 is 0 Å². The van der Waals surface area contributed by atoms with Crippen molar-refractivity contribution in [3.8, 4) is 0 Å². The Balaban J connectivity index is 2.03. The second-order valence-electron chi connectivity index (χ2n) is 3.59. The Labute approximate surface area is 61.6 Å². The topological polar surface area (TPSA) is 32.3 Å². The van der Waals surface area contributed by atoms with E-state index in [0.29, 0.717) is 0 Å². The normalized spacial score (nSPS) is 37.5. The smallest absolute Gasteiger partial charge is 0.0722 e. The maximum atomic E-state index is 9.62. The van der Waals surface area contributed by atoms with Crippen molar-refractivity contribution in [3.05, 3.63) is 0 Å². The van der Waals surface area contributed by atoms with Gasteiger partial charge in [0.05, 0.1) is 6.10 Å². The molecule has 0 amide bonds. The second kappa shape index (κ2) is 2.21. The lowest BCUT2D eigenvalue weighted by atomic mass is 9.70. The van der Waals surface area contributed by atoms with Crippen LogP contribution >= 0.6 is 0 Å². The minimum absolute atomic E-state index is 0.0602. The average Bonchev–Trinajstić information content (AvgIpc) is 1.85. The van der Waals surface area contributed by atoms with E-state index in [4.69, 9.17) is 0 Å². The Morgan fingerprint density at radius 1 is 1.30 bits per heavy atom. The number of nitrogens with one attached hydrogen (secondary N) is 1. The summed E-state index contributed by atoms with van der Waals surface area (Å²) < 4.78 is 0. The van der Waals surface area contributed by atoms with Crippen molar-refractivity contribution in [3.63, 3.8) is 0 Å². The fraction of sp³-hybridized carbons (Fsp3) is 1.00. The summed E-state index contributed by atoms with van der Waals surface area (Å²) in [5.74, 6) is 0. The van der Waals surface area contributed by atoms with Gasteiger partial charge in [0, 0.05) is 5.54 Å². The van der Waals surface area contributed by atoms with Crippen LogP contribution in [0.25, 0.3) is 0 Å². The highest BCUT2D eigenvalue weighted by molar-refractivity contribution is 5.03. The van der Waals surface area contributed by atoms with Gasteiger partial charge in [0.25, 0.3) is 0 Å². The molecule has 1 saturated heterocycles. The molecule has 10 heavy (non-hydrogen) atoms. The quantitative estimate of drug-likeness (QED) is 0.519. The Morgan fingerprint density at radius 2 is 2.10 bits per heavy atom. The summed E-state index contributed by atoms with van der Waals surface area (Å²) in [6.45, 7) is 1.11. The SMILES string of the molecule is OC1CCCNC12CCC2. The van der Waals surface area contributed by atoms with Crippen LogP contribution in [0.4, 0.5) is 0 Å². The van der Waals surface area contributed by atoms with Crippen molar-refractivity contribution < 1.29 is 5.11 Å². The van der Waals surface area contributed by atoms with Gasteiger partial charge in [-0.3, -0.25) is 0 Å². The first-order valence-corrected chi connectivity index (χ1v) is 4.27. The number of hydrogen-bond acceptors (Lipinski definition) is 2. The summed E-state index contributed by atoms with van der Waals surface area (Å²) in [4.78, 5) is 0. The van der Waals surface area contributed by atoms with Crippen LogP contribution in [0.1, 0.15) is 32.1 Å². The van der Waals surface area contributed by atoms with Gasteiger partial charge in [0.15, 0.2) is 0 Å². The summed E-state index contributed by atoms with van der Waals surface area (Å²) in [5.41, 5.74) is 0.165. The molecule has 2 fully saturated rings. The molecule has 0 bridgehead atoms. The van der Waals surface area contributed by atoms with Crippen molar-refractivity contribution in [2.75, 3.05) is 6.54 Å². The van der Waals surface area contributed by atoms with Crippen molar-refractivity contribution in [2.45, 2.75) is 43.7 Å². The summed E-state index contributed by atoms with van der Waals surface area (Å²) in [7, 11) is 0. The lowest BCUT2D eigenvalue weighted by Gasteiger charge is -2.49. The Morgan fingerprint density at radius 3 is 2.50 bits per heavy atom. The molecule has 0 aromatic heterocycles. The number of piperidine rings is 1. The molecule has 2 aliphatic rings. The van der Waals surface area contributed by atoms with E-state index < -0.39 is 0 Å². The Bertz CT molecular complexity index is 131. The highest BCUT2D eigenvalue weighted by Crippen LogP contribution is 2.38. The molecule has 58 valence electrons. The van der Waals surface area contributed by atoms with E-state index in [1.807, 2.05) is 0 Å². The third kappa shape index (κ3) is 0.789. The predicted octanol–water partition coefficient (Wildman–Crippen LogP) is 0.653. The van der Waals surface area contributed by atoms with Crippen LogP contribution in [0.3, 0.4) is 0 Å². The monoisotopic (exact) mass is 141 g/mol. The van der Waals surface area contributed by atoms with Gasteiger partial charge in [-0.25, -0.2) is 0 Å². The number of rotatable bonds is 0. The van der Waals surface area contributed by atoms with E-state index in [1.165, 1.54) is 19.3 Å². The standard InChI is InChI=1S/C8H15NO/c10-7-3-1-6-9-8(7)4-2-5-8/h7,9-10H,1-6H2. The summed E-state index contributed by atoms with van der Waals surface area (Å²) in [5, 5.41) is 13.0. The highest BCUT2D eigenvalue weighted by Gasteiger charge is 2.44. The molecule has 1 aliphatic heterocycles. The lowest BCUT2D eigenvalue weighted by Crippen LogP contribution is -2.61. The summed E-state index contributed by atoms with van der Waals surface area (Å²) >= 11 is 0. The third-order valence-corrected chi connectivity index (χ3v) is 3.02. The molecule has 2 heteroatoms. The van der Waals surface area contributed by atoms with E-state index in [1.54, 1.807) is 0 Å². The van der Waals surface area contributed by atoms with Gasteiger partial charge in [0.2, 0.25) is 0 Å². The van der Waals surface area contributed by atoms with Gasteiger partial charge in [-0.1, -0.05) is 0 Å². The predicted molar refractivity (Wildman–Crippen MR) is 39.8 cm³/mol. The molecule has 1 atom stereocenters. The number of hydrogen-bond donors (Lipinski definition) is 2. The zero-order valence-electron chi connectivity index (χ0n) is 6.27. The van der Waals surface area contributed by atoms with Gasteiger partial charge in [-0.05, 0) is 38.6 Å². The van der Waals surface area contributed by atoms with Crippen LogP contribution in [-0.2, 0) is 0 Å². The third-order valence-electron chi connectivity index (χ3n) is 3.02. The van der Waals surface area contributed by atoms with Crippen LogP contribution in [0.15, 0.2) is 0 Å². The first kappa shape index (κ1) is 6.62. The molecule has 1 heterocycles. The van der Waals surface area contributed by atoms with Gasteiger partial charge < -0.3 is 10.4 Å². The maximum Gasteiger partial charge on any atom is 0.0722 e.